The maximum Gasteiger partial charge on any atom is 0.0730 e. The molecule has 1 aromatic rings. The van der Waals surface area contributed by atoms with Gasteiger partial charge in [-0.1, -0.05) is 29.8 Å². The molecule has 0 spiro atoms. The Labute approximate surface area is 82.7 Å². The van der Waals surface area contributed by atoms with Gasteiger partial charge in [0.25, 0.3) is 0 Å². The van der Waals surface area contributed by atoms with Crippen molar-refractivity contribution in [3.63, 3.8) is 0 Å². The van der Waals surface area contributed by atoms with E-state index in [9.17, 15) is 5.11 Å². The molecule has 1 nitrogen and oxygen atoms in total. The standard InChI is InChI=1S/C11H11ClO/c12-10-3-1-2-8(6-10)9-4-5-11(13)7-9/h1-3,6-7,11,13H,4-5H2. The van der Waals surface area contributed by atoms with Crippen molar-refractivity contribution in [2.45, 2.75) is 18.9 Å². The Morgan fingerprint density at radius 1 is 1.38 bits per heavy atom. The first kappa shape index (κ1) is 8.79. The summed E-state index contributed by atoms with van der Waals surface area (Å²) in [5.41, 5.74) is 2.33. The van der Waals surface area contributed by atoms with E-state index in [0.29, 0.717) is 0 Å². The van der Waals surface area contributed by atoms with Gasteiger partial charge in [-0.3, -0.25) is 0 Å². The van der Waals surface area contributed by atoms with Crippen LogP contribution >= 0.6 is 11.6 Å². The number of benzene rings is 1. The topological polar surface area (TPSA) is 20.2 Å². The molecule has 0 aliphatic heterocycles. The molecule has 2 rings (SSSR count). The van der Waals surface area contributed by atoms with Crippen molar-refractivity contribution in [2.24, 2.45) is 0 Å². The maximum absolute atomic E-state index is 9.32. The Morgan fingerprint density at radius 3 is 2.85 bits per heavy atom. The van der Waals surface area contributed by atoms with Crippen molar-refractivity contribution in [3.05, 3.63) is 40.9 Å². The zero-order chi connectivity index (χ0) is 9.26. The van der Waals surface area contributed by atoms with E-state index >= 15 is 0 Å². The van der Waals surface area contributed by atoms with Gasteiger partial charge in [0, 0.05) is 5.02 Å². The summed E-state index contributed by atoms with van der Waals surface area (Å²) in [5, 5.41) is 10.1. The molecule has 0 bridgehead atoms. The average Bonchev–Trinajstić information content (AvgIpc) is 2.52. The number of allylic oxidation sites excluding steroid dienone is 1. The first-order chi connectivity index (χ1) is 6.25. The van der Waals surface area contributed by atoms with E-state index in [1.807, 2.05) is 30.3 Å². The molecule has 68 valence electrons. The average molecular weight is 195 g/mol. The lowest BCUT2D eigenvalue weighted by Gasteiger charge is -2.01. The minimum Gasteiger partial charge on any atom is -0.389 e. The molecule has 1 aliphatic carbocycles. The van der Waals surface area contributed by atoms with Crippen molar-refractivity contribution in [3.8, 4) is 0 Å². The van der Waals surface area contributed by atoms with E-state index < -0.39 is 0 Å². The van der Waals surface area contributed by atoms with Gasteiger partial charge >= 0.3 is 0 Å². The minimum atomic E-state index is -0.269. The van der Waals surface area contributed by atoms with Crippen molar-refractivity contribution < 1.29 is 5.11 Å². The summed E-state index contributed by atoms with van der Waals surface area (Å²) in [6, 6.07) is 7.75. The molecule has 0 fully saturated rings. The van der Waals surface area contributed by atoms with Crippen LogP contribution in [0.1, 0.15) is 18.4 Å². The zero-order valence-electron chi connectivity index (χ0n) is 7.20. The van der Waals surface area contributed by atoms with Gasteiger partial charge in [0.15, 0.2) is 0 Å². The summed E-state index contributed by atoms with van der Waals surface area (Å²) in [6.45, 7) is 0. The van der Waals surface area contributed by atoms with E-state index in [1.54, 1.807) is 0 Å². The fourth-order valence-electron chi connectivity index (χ4n) is 1.63. The van der Waals surface area contributed by atoms with E-state index in [-0.39, 0.29) is 6.10 Å². The van der Waals surface area contributed by atoms with Crippen LogP contribution in [0.5, 0.6) is 0 Å². The third-order valence-electron chi connectivity index (χ3n) is 2.30. The summed E-state index contributed by atoms with van der Waals surface area (Å²) >= 11 is 5.87. The monoisotopic (exact) mass is 194 g/mol. The molecular weight excluding hydrogens is 184 g/mol. The van der Waals surface area contributed by atoms with Gasteiger partial charge in [-0.15, -0.1) is 0 Å². The molecule has 1 N–H and O–H groups in total. The highest BCUT2D eigenvalue weighted by molar-refractivity contribution is 6.30. The van der Waals surface area contributed by atoms with Crippen LogP contribution in [-0.2, 0) is 0 Å². The van der Waals surface area contributed by atoms with Crippen LogP contribution < -0.4 is 0 Å². The SMILES string of the molecule is OC1C=C(c2cccc(Cl)c2)CC1. The fraction of sp³-hybridized carbons (Fsp3) is 0.273. The molecule has 0 saturated heterocycles. The van der Waals surface area contributed by atoms with Gasteiger partial charge < -0.3 is 5.11 Å². The lowest BCUT2D eigenvalue weighted by molar-refractivity contribution is 0.223. The molecule has 13 heavy (non-hydrogen) atoms. The molecule has 0 amide bonds. The van der Waals surface area contributed by atoms with Crippen LogP contribution in [0.4, 0.5) is 0 Å². The first-order valence-electron chi connectivity index (χ1n) is 4.40. The molecule has 0 heterocycles. The Kier molecular flexibility index (Phi) is 2.38. The summed E-state index contributed by atoms with van der Waals surface area (Å²) in [4.78, 5) is 0. The Morgan fingerprint density at radius 2 is 2.23 bits per heavy atom. The van der Waals surface area contributed by atoms with Crippen LogP contribution in [0.25, 0.3) is 5.57 Å². The third-order valence-corrected chi connectivity index (χ3v) is 2.53. The van der Waals surface area contributed by atoms with Gasteiger partial charge in [-0.05, 0) is 36.1 Å². The molecule has 1 unspecified atom stereocenters. The van der Waals surface area contributed by atoms with E-state index in [1.165, 1.54) is 5.57 Å². The Hall–Kier alpha value is -0.790. The second-order valence-corrected chi connectivity index (χ2v) is 3.74. The predicted molar refractivity (Wildman–Crippen MR) is 54.7 cm³/mol. The number of rotatable bonds is 1. The highest BCUT2D eigenvalue weighted by atomic mass is 35.5. The molecule has 1 atom stereocenters. The second kappa shape index (κ2) is 3.52. The molecule has 0 aromatic heterocycles. The number of halogens is 1. The van der Waals surface area contributed by atoms with Gasteiger partial charge in [-0.2, -0.15) is 0 Å². The molecule has 1 aliphatic rings. The van der Waals surface area contributed by atoms with Gasteiger partial charge in [0.05, 0.1) is 6.10 Å². The van der Waals surface area contributed by atoms with Crippen molar-refractivity contribution >= 4 is 17.2 Å². The van der Waals surface area contributed by atoms with Gasteiger partial charge in [-0.25, -0.2) is 0 Å². The Bertz CT molecular complexity index is 344. The van der Waals surface area contributed by atoms with Gasteiger partial charge in [0.1, 0.15) is 0 Å². The summed E-state index contributed by atoms with van der Waals surface area (Å²) in [5.74, 6) is 0. The van der Waals surface area contributed by atoms with Crippen LogP contribution in [0.15, 0.2) is 30.3 Å². The van der Waals surface area contributed by atoms with Crippen LogP contribution in [0, 0.1) is 0 Å². The van der Waals surface area contributed by atoms with Crippen molar-refractivity contribution in [1.29, 1.82) is 0 Å². The molecule has 2 heteroatoms. The molecule has 0 saturated carbocycles. The first-order valence-corrected chi connectivity index (χ1v) is 4.78. The number of aliphatic hydroxyl groups excluding tert-OH is 1. The van der Waals surface area contributed by atoms with Crippen LogP contribution in [0.2, 0.25) is 5.02 Å². The van der Waals surface area contributed by atoms with Crippen LogP contribution in [-0.4, -0.2) is 11.2 Å². The normalized spacial score (nSPS) is 21.7. The number of hydrogen-bond acceptors (Lipinski definition) is 1. The zero-order valence-corrected chi connectivity index (χ0v) is 7.96. The van der Waals surface area contributed by atoms with E-state index in [0.717, 1.165) is 23.4 Å². The second-order valence-electron chi connectivity index (χ2n) is 3.31. The van der Waals surface area contributed by atoms with Crippen molar-refractivity contribution in [1.82, 2.24) is 0 Å². The van der Waals surface area contributed by atoms with Gasteiger partial charge in [0.2, 0.25) is 0 Å². The maximum atomic E-state index is 9.32. The molecule has 1 aromatic carbocycles. The predicted octanol–water partition coefficient (Wildman–Crippen LogP) is 2.88. The van der Waals surface area contributed by atoms with E-state index in [4.69, 9.17) is 11.6 Å². The summed E-state index contributed by atoms with van der Waals surface area (Å²) < 4.78 is 0. The minimum absolute atomic E-state index is 0.269. The molecule has 0 radical (unpaired) electrons. The highest BCUT2D eigenvalue weighted by Gasteiger charge is 2.13. The lowest BCUT2D eigenvalue weighted by Crippen LogP contribution is -1.93. The third kappa shape index (κ3) is 1.93. The largest absolute Gasteiger partial charge is 0.389 e. The fourth-order valence-corrected chi connectivity index (χ4v) is 1.82. The quantitative estimate of drug-likeness (QED) is 0.729. The number of hydrogen-bond donors (Lipinski definition) is 1. The smallest absolute Gasteiger partial charge is 0.0730 e. The van der Waals surface area contributed by atoms with Crippen molar-refractivity contribution in [2.75, 3.05) is 0 Å². The highest BCUT2D eigenvalue weighted by Crippen LogP contribution is 2.28. The number of aliphatic hydroxyl groups is 1. The van der Waals surface area contributed by atoms with E-state index in [2.05, 4.69) is 0 Å². The molecular formula is C11H11ClO. The lowest BCUT2D eigenvalue weighted by atomic mass is 10.1. The summed E-state index contributed by atoms with van der Waals surface area (Å²) in [7, 11) is 0. The summed E-state index contributed by atoms with van der Waals surface area (Å²) in [6.07, 6.45) is 3.42. The Balaban J connectivity index is 2.31. The van der Waals surface area contributed by atoms with Crippen LogP contribution in [0.3, 0.4) is 0 Å².